The van der Waals surface area contributed by atoms with E-state index in [-0.39, 0.29) is 12.5 Å². The van der Waals surface area contributed by atoms with Crippen molar-refractivity contribution in [1.29, 1.82) is 0 Å². The average molecular weight is 368 g/mol. The van der Waals surface area contributed by atoms with Gasteiger partial charge >= 0.3 is 0 Å². The molecular weight excluding hydrogens is 346 g/mol. The normalized spacial score (nSPS) is 10.7. The maximum atomic E-state index is 13.0. The van der Waals surface area contributed by atoms with Crippen LogP contribution in [0.15, 0.2) is 60.7 Å². The number of nitrogens with zero attached hydrogens (tertiary/aromatic N) is 3. The first kappa shape index (κ1) is 18.2. The van der Waals surface area contributed by atoms with E-state index in [0.717, 1.165) is 23.5 Å². The molecule has 1 amide bonds. The number of carbonyl (C=O) groups is 1. The molecule has 0 radical (unpaired) electrons. The van der Waals surface area contributed by atoms with Gasteiger partial charge in [0.1, 0.15) is 6.54 Å². The molecule has 134 valence electrons. The highest BCUT2D eigenvalue weighted by molar-refractivity contribution is 6.31. The Balaban J connectivity index is 1.80. The Kier molecular flexibility index (Phi) is 5.74. The molecule has 0 aliphatic heterocycles. The second-order valence-corrected chi connectivity index (χ2v) is 6.64. The lowest BCUT2D eigenvalue weighted by Gasteiger charge is -2.23. The summed E-state index contributed by atoms with van der Waals surface area (Å²) in [6.45, 7) is 4.51. The SMILES string of the molecule is Cc1nn(CC(=O)N(CCc2ccccc2)c2ccccc2)c(C)c1Cl. The molecule has 1 heterocycles. The van der Waals surface area contributed by atoms with Crippen LogP contribution in [-0.2, 0) is 17.8 Å². The Morgan fingerprint density at radius 3 is 2.23 bits per heavy atom. The summed E-state index contributed by atoms with van der Waals surface area (Å²) in [5.41, 5.74) is 3.65. The van der Waals surface area contributed by atoms with Gasteiger partial charge in [0.05, 0.1) is 16.4 Å². The minimum Gasteiger partial charge on any atom is -0.310 e. The average Bonchev–Trinajstić information content (AvgIpc) is 2.90. The van der Waals surface area contributed by atoms with Crippen LogP contribution < -0.4 is 4.90 Å². The monoisotopic (exact) mass is 367 g/mol. The van der Waals surface area contributed by atoms with Crippen LogP contribution in [0.5, 0.6) is 0 Å². The Morgan fingerprint density at radius 1 is 1.04 bits per heavy atom. The first-order chi connectivity index (χ1) is 12.6. The fourth-order valence-corrected chi connectivity index (χ4v) is 3.07. The Hall–Kier alpha value is -2.59. The molecule has 0 saturated carbocycles. The van der Waals surface area contributed by atoms with Crippen molar-refractivity contribution in [3.8, 4) is 0 Å². The minimum atomic E-state index is -0.00519. The van der Waals surface area contributed by atoms with Gasteiger partial charge in [-0.1, -0.05) is 60.1 Å². The standard InChI is InChI=1S/C21H22ClN3O/c1-16-21(22)17(2)25(23-16)15-20(26)24(19-11-7-4-8-12-19)14-13-18-9-5-3-6-10-18/h3-12H,13-15H2,1-2H3. The molecule has 0 aliphatic rings. The highest BCUT2D eigenvalue weighted by Gasteiger charge is 2.19. The second-order valence-electron chi connectivity index (χ2n) is 6.26. The molecule has 0 unspecified atom stereocenters. The maximum absolute atomic E-state index is 13.0. The molecule has 0 fully saturated rings. The van der Waals surface area contributed by atoms with Crippen LogP contribution in [-0.4, -0.2) is 22.2 Å². The Labute approximate surface area is 159 Å². The van der Waals surface area contributed by atoms with E-state index in [9.17, 15) is 4.79 Å². The number of aryl methyl sites for hydroxylation is 1. The lowest BCUT2D eigenvalue weighted by Crippen LogP contribution is -2.36. The van der Waals surface area contributed by atoms with Crippen LogP contribution in [0.1, 0.15) is 17.0 Å². The van der Waals surface area contributed by atoms with E-state index >= 15 is 0 Å². The van der Waals surface area contributed by atoms with Crippen molar-refractivity contribution in [1.82, 2.24) is 9.78 Å². The molecule has 4 nitrogen and oxygen atoms in total. The van der Waals surface area contributed by atoms with Gasteiger partial charge in [-0.05, 0) is 38.0 Å². The summed E-state index contributed by atoms with van der Waals surface area (Å²) >= 11 is 6.21. The number of carbonyl (C=O) groups excluding carboxylic acids is 1. The van der Waals surface area contributed by atoms with Crippen LogP contribution in [0.3, 0.4) is 0 Å². The largest absolute Gasteiger partial charge is 0.310 e. The van der Waals surface area contributed by atoms with Gasteiger partial charge in [-0.3, -0.25) is 9.48 Å². The van der Waals surface area contributed by atoms with E-state index in [1.807, 2.05) is 67.3 Å². The molecule has 0 bridgehead atoms. The molecule has 0 aliphatic carbocycles. The number of para-hydroxylation sites is 1. The molecule has 0 saturated heterocycles. The molecule has 3 aromatic rings. The van der Waals surface area contributed by atoms with E-state index in [4.69, 9.17) is 11.6 Å². The van der Waals surface area contributed by atoms with E-state index in [0.29, 0.717) is 11.6 Å². The van der Waals surface area contributed by atoms with E-state index < -0.39 is 0 Å². The van der Waals surface area contributed by atoms with Crippen LogP contribution >= 0.6 is 11.6 Å². The number of hydrogen-bond acceptors (Lipinski definition) is 2. The van der Waals surface area contributed by atoms with Gasteiger partial charge in [0.2, 0.25) is 5.91 Å². The van der Waals surface area contributed by atoms with E-state index in [1.165, 1.54) is 5.56 Å². The van der Waals surface area contributed by atoms with Gasteiger partial charge in [0, 0.05) is 12.2 Å². The van der Waals surface area contributed by atoms with Gasteiger partial charge in [0.15, 0.2) is 0 Å². The molecule has 26 heavy (non-hydrogen) atoms. The molecule has 3 rings (SSSR count). The van der Waals surface area contributed by atoms with Crippen molar-refractivity contribution < 1.29 is 4.79 Å². The fourth-order valence-electron chi connectivity index (χ4n) is 2.93. The summed E-state index contributed by atoms with van der Waals surface area (Å²) in [5.74, 6) is -0.00519. The summed E-state index contributed by atoms with van der Waals surface area (Å²) in [6, 6.07) is 19.9. The van der Waals surface area contributed by atoms with Gasteiger partial charge in [0.25, 0.3) is 0 Å². The third kappa shape index (κ3) is 4.14. The predicted octanol–water partition coefficient (Wildman–Crippen LogP) is 4.43. The number of rotatable bonds is 6. The van der Waals surface area contributed by atoms with Crippen molar-refractivity contribution in [2.45, 2.75) is 26.8 Å². The van der Waals surface area contributed by atoms with Crippen molar-refractivity contribution >= 4 is 23.2 Å². The number of anilines is 1. The number of amides is 1. The van der Waals surface area contributed by atoms with Gasteiger partial charge in [-0.25, -0.2) is 0 Å². The highest BCUT2D eigenvalue weighted by atomic mass is 35.5. The lowest BCUT2D eigenvalue weighted by atomic mass is 10.1. The molecule has 5 heteroatoms. The maximum Gasteiger partial charge on any atom is 0.248 e. The molecular formula is C21H22ClN3O. The highest BCUT2D eigenvalue weighted by Crippen LogP contribution is 2.20. The fraction of sp³-hybridized carbons (Fsp3) is 0.238. The van der Waals surface area contributed by atoms with Gasteiger partial charge < -0.3 is 4.90 Å². The zero-order valence-corrected chi connectivity index (χ0v) is 15.8. The smallest absolute Gasteiger partial charge is 0.248 e. The number of benzene rings is 2. The summed E-state index contributed by atoms with van der Waals surface area (Å²) in [6.07, 6.45) is 0.791. The predicted molar refractivity (Wildman–Crippen MR) is 106 cm³/mol. The molecule has 0 atom stereocenters. The van der Waals surface area contributed by atoms with Crippen LogP contribution in [0.2, 0.25) is 5.02 Å². The lowest BCUT2D eigenvalue weighted by molar-refractivity contribution is -0.119. The summed E-state index contributed by atoms with van der Waals surface area (Å²) in [5, 5.41) is 5.00. The molecule has 1 aromatic heterocycles. The first-order valence-corrected chi connectivity index (χ1v) is 9.03. The molecule has 2 aromatic carbocycles. The van der Waals surface area contributed by atoms with E-state index in [1.54, 1.807) is 4.68 Å². The van der Waals surface area contributed by atoms with Crippen molar-refractivity contribution in [3.63, 3.8) is 0 Å². The van der Waals surface area contributed by atoms with Crippen LogP contribution in [0.4, 0.5) is 5.69 Å². The van der Waals surface area contributed by atoms with Crippen molar-refractivity contribution in [2.24, 2.45) is 0 Å². The third-order valence-electron chi connectivity index (χ3n) is 4.41. The van der Waals surface area contributed by atoms with Gasteiger partial charge in [-0.15, -0.1) is 0 Å². The number of aromatic nitrogens is 2. The third-order valence-corrected chi connectivity index (χ3v) is 4.96. The summed E-state index contributed by atoms with van der Waals surface area (Å²) in [4.78, 5) is 14.8. The zero-order chi connectivity index (χ0) is 18.5. The molecule has 0 spiro atoms. The molecule has 0 N–H and O–H groups in total. The van der Waals surface area contributed by atoms with E-state index in [2.05, 4.69) is 17.2 Å². The quantitative estimate of drug-likeness (QED) is 0.646. The number of halogens is 1. The second kappa shape index (κ2) is 8.19. The summed E-state index contributed by atoms with van der Waals surface area (Å²) in [7, 11) is 0. The zero-order valence-electron chi connectivity index (χ0n) is 15.0. The van der Waals surface area contributed by atoms with Crippen molar-refractivity contribution in [3.05, 3.63) is 82.6 Å². The summed E-state index contributed by atoms with van der Waals surface area (Å²) < 4.78 is 1.68. The number of hydrogen-bond donors (Lipinski definition) is 0. The Morgan fingerprint density at radius 2 is 1.65 bits per heavy atom. The first-order valence-electron chi connectivity index (χ1n) is 8.65. The van der Waals surface area contributed by atoms with Crippen LogP contribution in [0.25, 0.3) is 0 Å². The topological polar surface area (TPSA) is 38.1 Å². The van der Waals surface area contributed by atoms with Gasteiger partial charge in [-0.2, -0.15) is 5.10 Å². The van der Waals surface area contributed by atoms with Crippen molar-refractivity contribution in [2.75, 3.05) is 11.4 Å². The van der Waals surface area contributed by atoms with Crippen LogP contribution in [0, 0.1) is 13.8 Å². The minimum absolute atomic E-state index is 0.00519. The Bertz CT molecular complexity index is 875.